The molecule has 0 bridgehead atoms. The number of thiophene rings is 1. The van der Waals surface area contributed by atoms with E-state index in [1.165, 1.54) is 51.6 Å². The number of hydrogen-bond acceptors (Lipinski definition) is 2. The Hall–Kier alpha value is -0.340. The highest BCUT2D eigenvalue weighted by molar-refractivity contribution is 7.10. The summed E-state index contributed by atoms with van der Waals surface area (Å²) >= 11 is 1.97. The van der Waals surface area contributed by atoms with E-state index in [2.05, 4.69) is 16.3 Å². The van der Waals surface area contributed by atoms with Gasteiger partial charge < -0.3 is 0 Å². The third kappa shape index (κ3) is 1.85. The lowest BCUT2D eigenvalue weighted by atomic mass is 9.91. The van der Waals surface area contributed by atoms with Crippen molar-refractivity contribution < 1.29 is 0 Å². The van der Waals surface area contributed by atoms with E-state index in [0.29, 0.717) is 0 Å². The van der Waals surface area contributed by atoms with E-state index in [9.17, 15) is 0 Å². The van der Waals surface area contributed by atoms with E-state index < -0.39 is 0 Å². The van der Waals surface area contributed by atoms with Crippen molar-refractivity contribution in [2.75, 3.05) is 13.1 Å². The second kappa shape index (κ2) is 4.26. The number of likely N-dealkylation sites (tertiary alicyclic amines) is 1. The van der Waals surface area contributed by atoms with E-state index in [1.807, 2.05) is 11.3 Å². The lowest BCUT2D eigenvalue weighted by Crippen LogP contribution is -2.35. The van der Waals surface area contributed by atoms with Gasteiger partial charge >= 0.3 is 0 Å². The number of hydrogen-bond donors (Lipinski definition) is 0. The molecule has 15 heavy (non-hydrogen) atoms. The zero-order valence-electron chi connectivity index (χ0n) is 9.24. The van der Waals surface area contributed by atoms with Crippen LogP contribution in [0.5, 0.6) is 0 Å². The molecule has 1 aliphatic heterocycles. The first kappa shape index (κ1) is 9.86. The average Bonchev–Trinajstić information content (AvgIpc) is 2.78. The molecule has 2 heteroatoms. The van der Waals surface area contributed by atoms with Crippen molar-refractivity contribution in [1.82, 2.24) is 4.90 Å². The number of nitrogens with zero attached hydrogens (tertiary/aromatic N) is 1. The van der Waals surface area contributed by atoms with Gasteiger partial charge in [-0.15, -0.1) is 11.3 Å². The van der Waals surface area contributed by atoms with E-state index in [4.69, 9.17) is 0 Å². The van der Waals surface area contributed by atoms with Crippen LogP contribution < -0.4 is 0 Å². The van der Waals surface area contributed by atoms with Gasteiger partial charge in [-0.3, -0.25) is 4.90 Å². The Labute approximate surface area is 96.1 Å². The smallest absolute Gasteiger partial charge is 0.0359 e. The summed E-state index contributed by atoms with van der Waals surface area (Å²) in [6.07, 6.45) is 8.39. The molecule has 2 heterocycles. The maximum atomic E-state index is 2.73. The van der Waals surface area contributed by atoms with Crippen molar-refractivity contribution in [3.05, 3.63) is 21.9 Å². The minimum atomic E-state index is 0.764. The molecule has 0 saturated carbocycles. The van der Waals surface area contributed by atoms with E-state index >= 15 is 0 Å². The zero-order chi connectivity index (χ0) is 10.1. The van der Waals surface area contributed by atoms with Crippen LogP contribution >= 0.6 is 11.3 Å². The van der Waals surface area contributed by atoms with Gasteiger partial charge in [0.2, 0.25) is 0 Å². The SMILES string of the molecule is c1cc2c(s1)CCCC2N1CCCCC1. The maximum absolute atomic E-state index is 2.73. The number of rotatable bonds is 1. The van der Waals surface area contributed by atoms with Crippen LogP contribution in [-0.4, -0.2) is 18.0 Å². The molecule has 0 radical (unpaired) electrons. The van der Waals surface area contributed by atoms with Gasteiger partial charge in [0.25, 0.3) is 0 Å². The Morgan fingerprint density at radius 3 is 2.87 bits per heavy atom. The maximum Gasteiger partial charge on any atom is 0.0359 e. The minimum absolute atomic E-state index is 0.764. The summed E-state index contributed by atoms with van der Waals surface area (Å²) < 4.78 is 0. The normalized spacial score (nSPS) is 27.6. The lowest BCUT2D eigenvalue weighted by Gasteiger charge is -2.36. The Kier molecular flexibility index (Phi) is 2.80. The van der Waals surface area contributed by atoms with Crippen molar-refractivity contribution in [2.24, 2.45) is 0 Å². The second-order valence-corrected chi connectivity index (χ2v) is 5.80. The quantitative estimate of drug-likeness (QED) is 0.700. The monoisotopic (exact) mass is 221 g/mol. The fraction of sp³-hybridized carbons (Fsp3) is 0.692. The summed E-state index contributed by atoms with van der Waals surface area (Å²) in [5, 5.41) is 2.28. The molecule has 1 unspecified atom stereocenters. The van der Waals surface area contributed by atoms with Crippen LogP contribution in [-0.2, 0) is 6.42 Å². The third-order valence-electron chi connectivity index (χ3n) is 3.85. The highest BCUT2D eigenvalue weighted by atomic mass is 32.1. The van der Waals surface area contributed by atoms with Gasteiger partial charge in [-0.25, -0.2) is 0 Å². The van der Waals surface area contributed by atoms with Gasteiger partial charge in [-0.05, 0) is 62.2 Å². The van der Waals surface area contributed by atoms with Gasteiger partial charge in [0, 0.05) is 10.9 Å². The second-order valence-electron chi connectivity index (χ2n) is 4.80. The lowest BCUT2D eigenvalue weighted by molar-refractivity contribution is 0.149. The van der Waals surface area contributed by atoms with Crippen LogP contribution in [0.3, 0.4) is 0 Å². The van der Waals surface area contributed by atoms with Crippen molar-refractivity contribution in [3.63, 3.8) is 0 Å². The number of piperidine rings is 1. The predicted octanol–water partition coefficient (Wildman–Crippen LogP) is 3.61. The highest BCUT2D eigenvalue weighted by Gasteiger charge is 2.27. The molecule has 1 saturated heterocycles. The standard InChI is InChI=1S/C13H19NS/c1-2-8-14(9-3-1)12-5-4-6-13-11(12)7-10-15-13/h7,10,12H,1-6,8-9H2. The molecule has 1 atom stereocenters. The Morgan fingerprint density at radius 1 is 1.13 bits per heavy atom. The molecule has 1 aromatic rings. The average molecular weight is 221 g/mol. The van der Waals surface area contributed by atoms with Gasteiger partial charge in [0.15, 0.2) is 0 Å². The summed E-state index contributed by atoms with van der Waals surface area (Å²) in [5.74, 6) is 0. The van der Waals surface area contributed by atoms with Gasteiger partial charge in [0.1, 0.15) is 0 Å². The fourth-order valence-electron chi connectivity index (χ4n) is 3.07. The van der Waals surface area contributed by atoms with Crippen molar-refractivity contribution in [3.8, 4) is 0 Å². The number of fused-ring (bicyclic) bond motifs is 1. The van der Waals surface area contributed by atoms with Crippen LogP contribution in [0.4, 0.5) is 0 Å². The Bertz CT molecular complexity index is 325. The molecule has 0 spiro atoms. The summed E-state index contributed by atoms with van der Waals surface area (Å²) in [6, 6.07) is 3.14. The molecule has 82 valence electrons. The molecule has 3 rings (SSSR count). The summed E-state index contributed by atoms with van der Waals surface area (Å²) in [6.45, 7) is 2.67. The van der Waals surface area contributed by atoms with Gasteiger partial charge in [-0.2, -0.15) is 0 Å². The topological polar surface area (TPSA) is 3.24 Å². The van der Waals surface area contributed by atoms with E-state index in [-0.39, 0.29) is 0 Å². The Balaban J connectivity index is 1.82. The predicted molar refractivity (Wildman–Crippen MR) is 65.4 cm³/mol. The van der Waals surface area contributed by atoms with Crippen LogP contribution in [0.2, 0.25) is 0 Å². The van der Waals surface area contributed by atoms with Crippen molar-refractivity contribution in [1.29, 1.82) is 0 Å². The Morgan fingerprint density at radius 2 is 2.00 bits per heavy atom. The molecule has 1 aromatic heterocycles. The van der Waals surface area contributed by atoms with Crippen molar-refractivity contribution in [2.45, 2.75) is 44.6 Å². The zero-order valence-corrected chi connectivity index (χ0v) is 10.1. The first-order valence-corrected chi connectivity index (χ1v) is 7.13. The molecule has 0 aromatic carbocycles. The summed E-state index contributed by atoms with van der Waals surface area (Å²) in [5.41, 5.74) is 1.66. The first-order valence-electron chi connectivity index (χ1n) is 6.25. The molecule has 1 nitrogen and oxygen atoms in total. The highest BCUT2D eigenvalue weighted by Crippen LogP contribution is 2.38. The molecule has 1 aliphatic carbocycles. The largest absolute Gasteiger partial charge is 0.296 e. The molecule has 2 aliphatic rings. The van der Waals surface area contributed by atoms with Crippen LogP contribution in [0.15, 0.2) is 11.4 Å². The fourth-order valence-corrected chi connectivity index (χ4v) is 4.05. The van der Waals surface area contributed by atoms with Crippen LogP contribution in [0.1, 0.15) is 48.6 Å². The first-order chi connectivity index (χ1) is 7.45. The third-order valence-corrected chi connectivity index (χ3v) is 4.85. The van der Waals surface area contributed by atoms with Crippen molar-refractivity contribution >= 4 is 11.3 Å². The molecule has 0 amide bonds. The van der Waals surface area contributed by atoms with Gasteiger partial charge in [-0.1, -0.05) is 6.42 Å². The summed E-state index contributed by atoms with van der Waals surface area (Å²) in [4.78, 5) is 4.39. The molecular weight excluding hydrogens is 202 g/mol. The minimum Gasteiger partial charge on any atom is -0.296 e. The van der Waals surface area contributed by atoms with E-state index in [1.54, 1.807) is 10.4 Å². The van der Waals surface area contributed by atoms with E-state index in [0.717, 1.165) is 6.04 Å². The van der Waals surface area contributed by atoms with Crippen LogP contribution in [0.25, 0.3) is 0 Å². The summed E-state index contributed by atoms with van der Waals surface area (Å²) in [7, 11) is 0. The molecular formula is C13H19NS. The number of aryl methyl sites for hydroxylation is 1. The molecule has 1 fully saturated rings. The molecule has 0 N–H and O–H groups in total. The van der Waals surface area contributed by atoms with Gasteiger partial charge in [0.05, 0.1) is 0 Å². The van der Waals surface area contributed by atoms with Crippen LogP contribution in [0, 0.1) is 0 Å².